The molecule has 3 aliphatic heterocycles. The molecule has 1 N–H and O–H groups in total. The van der Waals surface area contributed by atoms with Crippen molar-refractivity contribution in [2.75, 3.05) is 13.1 Å². The Morgan fingerprint density at radius 3 is 2.87 bits per heavy atom. The van der Waals surface area contributed by atoms with Crippen molar-refractivity contribution in [2.24, 2.45) is 5.92 Å². The molecule has 3 saturated heterocycles. The smallest absolute Gasteiger partial charge is 0.270 e. The lowest BCUT2D eigenvalue weighted by Crippen LogP contribution is -2.69. The Labute approximate surface area is 133 Å². The van der Waals surface area contributed by atoms with Crippen molar-refractivity contribution in [3.05, 3.63) is 30.0 Å². The van der Waals surface area contributed by atoms with Crippen LogP contribution in [0.5, 0.6) is 0 Å². The Bertz CT molecular complexity index is 762. The molecule has 0 spiro atoms. The highest BCUT2D eigenvalue weighted by Gasteiger charge is 2.48. The Kier molecular flexibility index (Phi) is 3.20. The van der Waals surface area contributed by atoms with Crippen molar-refractivity contribution in [2.45, 2.75) is 38.3 Å². The van der Waals surface area contributed by atoms with E-state index in [1.807, 2.05) is 0 Å². The molecule has 0 unspecified atom stereocenters. The van der Waals surface area contributed by atoms with E-state index in [2.05, 4.69) is 29.0 Å². The number of halogens is 1. The van der Waals surface area contributed by atoms with Crippen LogP contribution in [0.15, 0.2) is 22.9 Å². The van der Waals surface area contributed by atoms with E-state index in [-0.39, 0.29) is 23.2 Å². The van der Waals surface area contributed by atoms with Crippen LogP contribution in [0.25, 0.3) is 11.0 Å². The van der Waals surface area contributed by atoms with Gasteiger partial charge in [-0.05, 0) is 51.8 Å². The first-order valence-corrected chi connectivity index (χ1v) is 8.05. The van der Waals surface area contributed by atoms with E-state index in [4.69, 9.17) is 4.42 Å². The summed E-state index contributed by atoms with van der Waals surface area (Å²) in [6, 6.07) is 1.54. The topological polar surface area (TPSA) is 58.4 Å². The predicted molar refractivity (Wildman–Crippen MR) is 83.6 cm³/mol. The molecule has 6 heteroatoms. The van der Waals surface area contributed by atoms with Crippen LogP contribution in [0.4, 0.5) is 4.39 Å². The number of fused-ring (bicyclic) bond motifs is 4. The molecule has 0 radical (unpaired) electrons. The maximum Gasteiger partial charge on any atom is 0.270 e. The summed E-state index contributed by atoms with van der Waals surface area (Å²) in [5.41, 5.74) is 0.509. The summed E-state index contributed by atoms with van der Waals surface area (Å²) in [5.74, 6) is -0.229. The molecule has 5 rings (SSSR count). The number of rotatable bonds is 2. The van der Waals surface area contributed by atoms with Gasteiger partial charge in [0, 0.05) is 11.6 Å². The molecule has 2 bridgehead atoms. The average Bonchev–Trinajstić information content (AvgIpc) is 2.92. The van der Waals surface area contributed by atoms with Gasteiger partial charge >= 0.3 is 0 Å². The van der Waals surface area contributed by atoms with Crippen LogP contribution in [0.1, 0.15) is 37.2 Å². The number of carbonyl (C=O) groups excluding carboxylic acids is 1. The fourth-order valence-electron chi connectivity index (χ4n) is 4.12. The molecular weight excluding hydrogens is 297 g/mol. The highest BCUT2D eigenvalue weighted by Crippen LogP contribution is 2.39. The number of amides is 1. The van der Waals surface area contributed by atoms with Crippen LogP contribution >= 0.6 is 0 Å². The highest BCUT2D eigenvalue weighted by atomic mass is 19.1. The number of pyridine rings is 1. The molecule has 122 valence electrons. The molecule has 1 atom stereocenters. The lowest BCUT2D eigenvalue weighted by atomic mass is 9.72. The van der Waals surface area contributed by atoms with Crippen molar-refractivity contribution in [3.63, 3.8) is 0 Å². The van der Waals surface area contributed by atoms with Crippen molar-refractivity contribution in [1.29, 1.82) is 0 Å². The first-order chi connectivity index (χ1) is 11.0. The Morgan fingerprint density at radius 1 is 1.43 bits per heavy atom. The van der Waals surface area contributed by atoms with Gasteiger partial charge in [-0.3, -0.25) is 9.69 Å². The minimum Gasteiger partial charge on any atom is -0.460 e. The predicted octanol–water partition coefficient (Wildman–Crippen LogP) is 2.57. The standard InChI is InChI=1S/C17H20FN3O2/c1-17(2)15(10-3-5-21(17)6-4-10)20-16(22)13-7-11-12(18)9-23-14(11)8-19-13/h7-10,15H,3-6H2,1-2H3,(H,20,22)/t15-/m1/s1. The lowest BCUT2D eigenvalue weighted by Gasteiger charge is -2.56. The number of nitrogens with zero attached hydrogens (tertiary/aromatic N) is 2. The summed E-state index contributed by atoms with van der Waals surface area (Å²) in [6.45, 7) is 6.54. The largest absolute Gasteiger partial charge is 0.460 e. The fraction of sp³-hybridized carbons (Fsp3) is 0.529. The van der Waals surface area contributed by atoms with E-state index in [0.717, 1.165) is 32.2 Å². The second-order valence-corrected chi connectivity index (χ2v) is 7.08. The van der Waals surface area contributed by atoms with Crippen LogP contribution in [0, 0.1) is 11.7 Å². The SMILES string of the molecule is CC1(C)[C@H](NC(=O)c2cc3c(F)coc3cn2)C2CCN1CC2. The molecule has 0 aliphatic carbocycles. The summed E-state index contributed by atoms with van der Waals surface area (Å²) in [5, 5.41) is 3.43. The number of carbonyl (C=O) groups is 1. The van der Waals surface area contributed by atoms with E-state index in [0.29, 0.717) is 16.9 Å². The van der Waals surface area contributed by atoms with Gasteiger partial charge in [-0.2, -0.15) is 0 Å². The number of aromatic nitrogens is 1. The van der Waals surface area contributed by atoms with Gasteiger partial charge in [-0.15, -0.1) is 0 Å². The van der Waals surface area contributed by atoms with Gasteiger partial charge in [-0.1, -0.05) is 0 Å². The third kappa shape index (κ3) is 2.24. The van der Waals surface area contributed by atoms with Gasteiger partial charge in [0.05, 0.1) is 11.6 Å². The van der Waals surface area contributed by atoms with E-state index in [1.54, 1.807) is 0 Å². The summed E-state index contributed by atoms with van der Waals surface area (Å²) < 4.78 is 18.7. The van der Waals surface area contributed by atoms with E-state index >= 15 is 0 Å². The normalized spacial score (nSPS) is 28.9. The van der Waals surface area contributed by atoms with Gasteiger partial charge < -0.3 is 9.73 Å². The van der Waals surface area contributed by atoms with Crippen molar-refractivity contribution in [1.82, 2.24) is 15.2 Å². The Balaban J connectivity index is 1.60. The van der Waals surface area contributed by atoms with Crippen LogP contribution < -0.4 is 5.32 Å². The van der Waals surface area contributed by atoms with Gasteiger partial charge in [0.1, 0.15) is 12.0 Å². The van der Waals surface area contributed by atoms with Crippen LogP contribution in [-0.4, -0.2) is 40.5 Å². The zero-order valence-corrected chi connectivity index (χ0v) is 13.3. The van der Waals surface area contributed by atoms with E-state index < -0.39 is 5.82 Å². The number of hydrogen-bond donors (Lipinski definition) is 1. The third-order valence-corrected chi connectivity index (χ3v) is 5.52. The minimum atomic E-state index is -0.473. The second-order valence-electron chi connectivity index (χ2n) is 7.08. The van der Waals surface area contributed by atoms with Gasteiger partial charge in [0.2, 0.25) is 0 Å². The number of furan rings is 1. The summed E-state index contributed by atoms with van der Waals surface area (Å²) in [4.78, 5) is 19.2. The van der Waals surface area contributed by atoms with E-state index in [9.17, 15) is 9.18 Å². The maximum atomic E-state index is 13.6. The molecule has 3 fully saturated rings. The summed E-state index contributed by atoms with van der Waals surface area (Å²) in [6.07, 6.45) is 4.65. The molecule has 5 nitrogen and oxygen atoms in total. The molecule has 0 aromatic carbocycles. The zero-order chi connectivity index (χ0) is 16.2. The zero-order valence-electron chi connectivity index (χ0n) is 13.3. The lowest BCUT2D eigenvalue weighted by molar-refractivity contribution is -0.0378. The first-order valence-electron chi connectivity index (χ1n) is 8.05. The molecule has 1 amide bonds. The van der Waals surface area contributed by atoms with Crippen LogP contribution in [0.3, 0.4) is 0 Å². The fourth-order valence-corrected chi connectivity index (χ4v) is 4.12. The summed E-state index contributed by atoms with van der Waals surface area (Å²) in [7, 11) is 0. The Hall–Kier alpha value is -1.95. The quantitative estimate of drug-likeness (QED) is 0.925. The second kappa shape index (κ2) is 5.03. The molecular formula is C17H20FN3O2. The average molecular weight is 317 g/mol. The van der Waals surface area contributed by atoms with Gasteiger partial charge in [-0.25, -0.2) is 9.37 Å². The molecule has 0 saturated carbocycles. The maximum absolute atomic E-state index is 13.6. The third-order valence-electron chi connectivity index (χ3n) is 5.52. The Morgan fingerprint density at radius 2 is 2.17 bits per heavy atom. The highest BCUT2D eigenvalue weighted by molar-refractivity contribution is 5.95. The number of piperidine rings is 3. The summed E-state index contributed by atoms with van der Waals surface area (Å²) >= 11 is 0. The van der Waals surface area contributed by atoms with Gasteiger partial charge in [0.15, 0.2) is 11.4 Å². The molecule has 3 aliphatic rings. The molecule has 5 heterocycles. The van der Waals surface area contributed by atoms with Crippen molar-refractivity contribution >= 4 is 16.9 Å². The molecule has 2 aromatic heterocycles. The van der Waals surface area contributed by atoms with Crippen LogP contribution in [0.2, 0.25) is 0 Å². The van der Waals surface area contributed by atoms with Crippen LogP contribution in [-0.2, 0) is 0 Å². The molecule has 23 heavy (non-hydrogen) atoms. The van der Waals surface area contributed by atoms with Crippen molar-refractivity contribution < 1.29 is 13.6 Å². The first kappa shape index (κ1) is 14.6. The van der Waals surface area contributed by atoms with Crippen molar-refractivity contribution in [3.8, 4) is 0 Å². The minimum absolute atomic E-state index is 0.0676. The number of hydrogen-bond acceptors (Lipinski definition) is 4. The molecule has 2 aromatic rings. The monoisotopic (exact) mass is 317 g/mol. The van der Waals surface area contributed by atoms with Gasteiger partial charge in [0.25, 0.3) is 5.91 Å². The van der Waals surface area contributed by atoms with E-state index in [1.165, 1.54) is 12.3 Å². The number of nitrogens with one attached hydrogen (secondary N) is 1.